The SMILES string of the molecule is CNS(=O)(=O)c1ccc(NCC2(O)CCOC2C)cc1. The molecule has 112 valence electrons. The summed E-state index contributed by atoms with van der Waals surface area (Å²) < 4.78 is 30.8. The number of aliphatic hydroxyl groups is 1. The van der Waals surface area contributed by atoms with Gasteiger partial charge in [-0.2, -0.15) is 0 Å². The Balaban J connectivity index is 2.01. The van der Waals surface area contributed by atoms with E-state index < -0.39 is 15.6 Å². The van der Waals surface area contributed by atoms with Crippen LogP contribution >= 0.6 is 0 Å². The Bertz CT molecular complexity index is 558. The van der Waals surface area contributed by atoms with Crippen molar-refractivity contribution < 1.29 is 18.3 Å². The number of sulfonamides is 1. The topological polar surface area (TPSA) is 87.7 Å². The van der Waals surface area contributed by atoms with Crippen molar-refractivity contribution in [2.24, 2.45) is 0 Å². The molecule has 1 aliphatic heterocycles. The molecule has 0 spiro atoms. The van der Waals surface area contributed by atoms with Gasteiger partial charge in [0.25, 0.3) is 0 Å². The summed E-state index contributed by atoms with van der Waals surface area (Å²) in [6.45, 7) is 2.77. The second-order valence-electron chi connectivity index (χ2n) is 4.95. The van der Waals surface area contributed by atoms with Crippen LogP contribution in [0, 0.1) is 0 Å². The standard InChI is InChI=1S/C13H20N2O4S/c1-10-13(16,7-8-19-10)9-15-11-3-5-12(6-4-11)20(17,18)14-2/h3-6,10,14-16H,7-9H2,1-2H3. The maximum absolute atomic E-state index is 11.6. The summed E-state index contributed by atoms with van der Waals surface area (Å²) in [7, 11) is -2.04. The van der Waals surface area contributed by atoms with E-state index in [-0.39, 0.29) is 11.0 Å². The smallest absolute Gasteiger partial charge is 0.240 e. The lowest BCUT2D eigenvalue weighted by molar-refractivity contribution is -0.0175. The van der Waals surface area contributed by atoms with Crippen LogP contribution in [0.4, 0.5) is 5.69 Å². The lowest BCUT2D eigenvalue weighted by Crippen LogP contribution is -2.43. The Morgan fingerprint density at radius 3 is 2.55 bits per heavy atom. The van der Waals surface area contributed by atoms with Crippen LogP contribution in [0.25, 0.3) is 0 Å². The highest BCUT2D eigenvalue weighted by molar-refractivity contribution is 7.89. The number of benzene rings is 1. The largest absolute Gasteiger partial charge is 0.385 e. The van der Waals surface area contributed by atoms with Crippen molar-refractivity contribution in [3.63, 3.8) is 0 Å². The first-order chi connectivity index (χ1) is 9.37. The quantitative estimate of drug-likeness (QED) is 0.739. The lowest BCUT2D eigenvalue weighted by Gasteiger charge is -2.26. The zero-order valence-corrected chi connectivity index (χ0v) is 12.4. The van der Waals surface area contributed by atoms with Gasteiger partial charge >= 0.3 is 0 Å². The van der Waals surface area contributed by atoms with Gasteiger partial charge in [0.15, 0.2) is 0 Å². The summed E-state index contributed by atoms with van der Waals surface area (Å²) in [5, 5.41) is 13.5. The number of ether oxygens (including phenoxy) is 1. The van der Waals surface area contributed by atoms with Crippen molar-refractivity contribution in [3.05, 3.63) is 24.3 Å². The fourth-order valence-corrected chi connectivity index (χ4v) is 2.86. The molecule has 0 radical (unpaired) electrons. The van der Waals surface area contributed by atoms with Gasteiger partial charge in [-0.05, 0) is 38.2 Å². The second kappa shape index (κ2) is 5.69. The number of hydrogen-bond acceptors (Lipinski definition) is 5. The Labute approximate surface area is 119 Å². The van der Waals surface area contributed by atoms with Gasteiger partial charge in [-0.1, -0.05) is 0 Å². The van der Waals surface area contributed by atoms with Crippen molar-refractivity contribution in [3.8, 4) is 0 Å². The Morgan fingerprint density at radius 1 is 1.40 bits per heavy atom. The van der Waals surface area contributed by atoms with Gasteiger partial charge in [0.1, 0.15) is 5.60 Å². The minimum Gasteiger partial charge on any atom is -0.385 e. The van der Waals surface area contributed by atoms with Crippen molar-refractivity contribution in [2.75, 3.05) is 25.5 Å². The number of hydrogen-bond donors (Lipinski definition) is 3. The van der Waals surface area contributed by atoms with E-state index in [1.807, 2.05) is 6.92 Å². The third kappa shape index (κ3) is 3.12. The first-order valence-corrected chi connectivity index (χ1v) is 7.97. The predicted octanol–water partition coefficient (Wildman–Crippen LogP) is 0.546. The molecule has 3 N–H and O–H groups in total. The molecule has 1 saturated heterocycles. The maximum Gasteiger partial charge on any atom is 0.240 e. The molecule has 0 saturated carbocycles. The lowest BCUT2D eigenvalue weighted by atomic mass is 9.96. The van der Waals surface area contributed by atoms with E-state index >= 15 is 0 Å². The summed E-state index contributed by atoms with van der Waals surface area (Å²) >= 11 is 0. The van der Waals surface area contributed by atoms with Gasteiger partial charge in [0, 0.05) is 25.3 Å². The molecule has 7 heteroatoms. The number of rotatable bonds is 5. The van der Waals surface area contributed by atoms with Crippen LogP contribution in [0.15, 0.2) is 29.2 Å². The average Bonchev–Trinajstić information content (AvgIpc) is 2.77. The molecule has 1 heterocycles. The van der Waals surface area contributed by atoms with Crippen LogP contribution in [0.3, 0.4) is 0 Å². The van der Waals surface area contributed by atoms with E-state index in [2.05, 4.69) is 10.0 Å². The fraction of sp³-hybridized carbons (Fsp3) is 0.538. The molecule has 0 bridgehead atoms. The van der Waals surface area contributed by atoms with Gasteiger partial charge in [-0.3, -0.25) is 0 Å². The summed E-state index contributed by atoms with van der Waals surface area (Å²) in [6.07, 6.45) is 0.381. The third-order valence-corrected chi connectivity index (χ3v) is 5.12. The second-order valence-corrected chi connectivity index (χ2v) is 6.84. The summed E-state index contributed by atoms with van der Waals surface area (Å²) in [5.74, 6) is 0. The maximum atomic E-state index is 11.6. The zero-order chi connectivity index (χ0) is 14.8. The Morgan fingerprint density at radius 2 is 2.05 bits per heavy atom. The van der Waals surface area contributed by atoms with Gasteiger partial charge in [-0.25, -0.2) is 13.1 Å². The Kier molecular flexibility index (Phi) is 4.33. The van der Waals surface area contributed by atoms with Crippen LogP contribution in [0.2, 0.25) is 0 Å². The highest BCUT2D eigenvalue weighted by atomic mass is 32.2. The summed E-state index contributed by atoms with van der Waals surface area (Å²) in [4.78, 5) is 0.210. The van der Waals surface area contributed by atoms with Crippen molar-refractivity contribution in [1.82, 2.24) is 4.72 Å². The van der Waals surface area contributed by atoms with E-state index in [1.165, 1.54) is 19.2 Å². The minimum absolute atomic E-state index is 0.209. The van der Waals surface area contributed by atoms with Gasteiger partial charge in [0.05, 0.1) is 11.0 Å². The van der Waals surface area contributed by atoms with E-state index in [0.29, 0.717) is 19.6 Å². The molecular weight excluding hydrogens is 280 g/mol. The van der Waals surface area contributed by atoms with Crippen LogP contribution in [0.1, 0.15) is 13.3 Å². The molecule has 2 rings (SSSR count). The van der Waals surface area contributed by atoms with Gasteiger partial charge < -0.3 is 15.2 Å². The van der Waals surface area contributed by atoms with Crippen LogP contribution < -0.4 is 10.0 Å². The van der Waals surface area contributed by atoms with Crippen molar-refractivity contribution >= 4 is 15.7 Å². The highest BCUT2D eigenvalue weighted by Gasteiger charge is 2.39. The van der Waals surface area contributed by atoms with E-state index in [9.17, 15) is 13.5 Å². The number of anilines is 1. The molecule has 1 aromatic carbocycles. The first-order valence-electron chi connectivity index (χ1n) is 6.49. The molecule has 0 amide bonds. The third-order valence-electron chi connectivity index (χ3n) is 3.69. The molecule has 2 unspecified atom stereocenters. The van der Waals surface area contributed by atoms with Crippen molar-refractivity contribution in [1.29, 1.82) is 0 Å². The normalized spacial score (nSPS) is 26.6. The zero-order valence-electron chi connectivity index (χ0n) is 11.6. The fourth-order valence-electron chi connectivity index (χ4n) is 2.13. The minimum atomic E-state index is -3.41. The molecule has 1 fully saturated rings. The number of nitrogens with one attached hydrogen (secondary N) is 2. The highest BCUT2D eigenvalue weighted by Crippen LogP contribution is 2.26. The molecule has 2 atom stereocenters. The van der Waals surface area contributed by atoms with Crippen LogP contribution in [-0.2, 0) is 14.8 Å². The molecule has 0 aliphatic carbocycles. The van der Waals surface area contributed by atoms with Crippen molar-refractivity contribution in [2.45, 2.75) is 29.9 Å². The first kappa shape index (κ1) is 15.2. The van der Waals surface area contributed by atoms with Crippen LogP contribution in [-0.4, -0.2) is 45.4 Å². The molecule has 20 heavy (non-hydrogen) atoms. The summed E-state index contributed by atoms with van der Waals surface area (Å²) in [5.41, 5.74) is -0.122. The molecule has 1 aliphatic rings. The van der Waals surface area contributed by atoms with Gasteiger partial charge in [0.2, 0.25) is 10.0 Å². The predicted molar refractivity (Wildman–Crippen MR) is 76.2 cm³/mol. The molecule has 1 aromatic rings. The molecule has 6 nitrogen and oxygen atoms in total. The summed E-state index contributed by atoms with van der Waals surface area (Å²) in [6, 6.07) is 6.39. The average molecular weight is 300 g/mol. The van der Waals surface area contributed by atoms with Gasteiger partial charge in [-0.15, -0.1) is 0 Å². The molecular formula is C13H20N2O4S. The monoisotopic (exact) mass is 300 g/mol. The van der Waals surface area contributed by atoms with E-state index in [0.717, 1.165) is 5.69 Å². The molecule has 0 aromatic heterocycles. The Hall–Kier alpha value is -1.15. The van der Waals surface area contributed by atoms with Crippen LogP contribution in [0.5, 0.6) is 0 Å². The van der Waals surface area contributed by atoms with E-state index in [4.69, 9.17) is 4.74 Å². The van der Waals surface area contributed by atoms with E-state index in [1.54, 1.807) is 12.1 Å².